The van der Waals surface area contributed by atoms with E-state index < -0.39 is 6.04 Å². The summed E-state index contributed by atoms with van der Waals surface area (Å²) in [5, 5.41) is 6.18. The lowest BCUT2D eigenvalue weighted by Crippen LogP contribution is -2.51. The van der Waals surface area contributed by atoms with Gasteiger partial charge in [0.25, 0.3) is 5.91 Å². The van der Waals surface area contributed by atoms with E-state index in [1.165, 1.54) is 0 Å². The molecule has 6 heteroatoms. The summed E-state index contributed by atoms with van der Waals surface area (Å²) >= 11 is 0. The molecule has 0 bridgehead atoms. The van der Waals surface area contributed by atoms with Gasteiger partial charge in [-0.05, 0) is 36.7 Å². The van der Waals surface area contributed by atoms with E-state index in [1.54, 1.807) is 29.4 Å². The average Bonchev–Trinajstić information content (AvgIpc) is 3.22. The summed E-state index contributed by atoms with van der Waals surface area (Å²) in [6.45, 7) is 1.69. The Kier molecular flexibility index (Phi) is 5.96. The fourth-order valence-electron chi connectivity index (χ4n) is 3.18. The summed E-state index contributed by atoms with van der Waals surface area (Å²) < 4.78 is 0. The molecule has 6 nitrogen and oxygen atoms in total. The van der Waals surface area contributed by atoms with Crippen LogP contribution in [0.2, 0.25) is 0 Å². The number of amides is 2. The maximum atomic E-state index is 13.1. The minimum atomic E-state index is -0.627. The van der Waals surface area contributed by atoms with E-state index in [2.05, 4.69) is 15.6 Å². The Morgan fingerprint density at radius 2 is 2.08 bits per heavy atom. The van der Waals surface area contributed by atoms with Crippen LogP contribution in [0.1, 0.15) is 22.3 Å². The summed E-state index contributed by atoms with van der Waals surface area (Å²) in [6, 6.07) is 12.2. The molecular weight excluding hydrogens is 328 g/mol. The zero-order valence-corrected chi connectivity index (χ0v) is 14.9. The molecule has 1 aromatic heterocycles. The van der Waals surface area contributed by atoms with Crippen LogP contribution in [0.5, 0.6) is 0 Å². The van der Waals surface area contributed by atoms with Crippen molar-refractivity contribution in [2.75, 3.05) is 20.1 Å². The number of nitrogens with zero attached hydrogens (tertiary/aromatic N) is 2. The van der Waals surface area contributed by atoms with Crippen LogP contribution in [0.15, 0.2) is 54.9 Å². The third-order valence-corrected chi connectivity index (χ3v) is 4.73. The number of rotatable bonds is 6. The molecule has 1 aliphatic rings. The Morgan fingerprint density at radius 1 is 1.27 bits per heavy atom. The van der Waals surface area contributed by atoms with Gasteiger partial charge < -0.3 is 15.5 Å². The Hall–Kier alpha value is -2.73. The molecule has 136 valence electrons. The van der Waals surface area contributed by atoms with E-state index in [1.807, 2.05) is 37.4 Å². The molecule has 0 aliphatic carbocycles. The standard InChI is InChI=1S/C20H24N4O2/c1-24(17-9-11-22-14-17)20(26)18(12-15-6-5-10-21-13-15)23-19(25)16-7-3-2-4-8-16/h2-8,10,13,17-18,22H,9,11-12,14H2,1H3,(H,23,25). The summed E-state index contributed by atoms with van der Waals surface area (Å²) in [4.78, 5) is 31.5. The highest BCUT2D eigenvalue weighted by molar-refractivity contribution is 5.97. The molecule has 1 fully saturated rings. The Bertz CT molecular complexity index is 730. The van der Waals surface area contributed by atoms with Crippen molar-refractivity contribution in [3.63, 3.8) is 0 Å². The molecule has 3 rings (SSSR count). The SMILES string of the molecule is CN(C(=O)C(Cc1cccnc1)NC(=O)c1ccccc1)C1CCNC1. The highest BCUT2D eigenvalue weighted by Crippen LogP contribution is 2.11. The van der Waals surface area contributed by atoms with E-state index >= 15 is 0 Å². The molecule has 2 atom stereocenters. The van der Waals surface area contributed by atoms with Crippen molar-refractivity contribution in [2.45, 2.75) is 24.9 Å². The van der Waals surface area contributed by atoms with Crippen LogP contribution in [0.25, 0.3) is 0 Å². The number of carbonyl (C=O) groups excluding carboxylic acids is 2. The Balaban J connectivity index is 1.76. The van der Waals surface area contributed by atoms with Gasteiger partial charge in [0.15, 0.2) is 0 Å². The fourth-order valence-corrected chi connectivity index (χ4v) is 3.18. The first-order chi connectivity index (χ1) is 12.6. The van der Waals surface area contributed by atoms with Gasteiger partial charge in [-0.15, -0.1) is 0 Å². The van der Waals surface area contributed by atoms with Gasteiger partial charge in [0, 0.05) is 44.0 Å². The minimum Gasteiger partial charge on any atom is -0.340 e. The first-order valence-corrected chi connectivity index (χ1v) is 8.87. The van der Waals surface area contributed by atoms with Crippen LogP contribution in [0.3, 0.4) is 0 Å². The predicted molar refractivity (Wildman–Crippen MR) is 99.7 cm³/mol. The topological polar surface area (TPSA) is 74.3 Å². The Labute approximate surface area is 153 Å². The quantitative estimate of drug-likeness (QED) is 0.820. The smallest absolute Gasteiger partial charge is 0.251 e. The second kappa shape index (κ2) is 8.58. The first kappa shape index (κ1) is 18.1. The largest absolute Gasteiger partial charge is 0.340 e. The molecule has 2 unspecified atom stereocenters. The first-order valence-electron chi connectivity index (χ1n) is 8.87. The second-order valence-electron chi connectivity index (χ2n) is 6.55. The van der Waals surface area contributed by atoms with Crippen LogP contribution in [-0.4, -0.2) is 53.9 Å². The van der Waals surface area contributed by atoms with Gasteiger partial charge in [-0.1, -0.05) is 24.3 Å². The van der Waals surface area contributed by atoms with E-state index in [0.29, 0.717) is 12.0 Å². The minimum absolute atomic E-state index is 0.0770. The predicted octanol–water partition coefficient (Wildman–Crippen LogP) is 1.24. The molecule has 1 aromatic carbocycles. The maximum Gasteiger partial charge on any atom is 0.251 e. The number of pyridine rings is 1. The molecule has 1 saturated heterocycles. The van der Waals surface area contributed by atoms with E-state index in [9.17, 15) is 9.59 Å². The summed E-state index contributed by atoms with van der Waals surface area (Å²) in [6.07, 6.45) is 4.76. The zero-order chi connectivity index (χ0) is 18.4. The van der Waals surface area contributed by atoms with Crippen molar-refractivity contribution in [1.29, 1.82) is 0 Å². The summed E-state index contributed by atoms with van der Waals surface area (Å²) in [5.41, 5.74) is 1.46. The van der Waals surface area contributed by atoms with Crippen LogP contribution in [-0.2, 0) is 11.2 Å². The molecule has 0 spiro atoms. The third-order valence-electron chi connectivity index (χ3n) is 4.73. The van der Waals surface area contributed by atoms with Crippen LogP contribution in [0, 0.1) is 0 Å². The van der Waals surface area contributed by atoms with Crippen molar-refractivity contribution in [3.8, 4) is 0 Å². The number of aromatic nitrogens is 1. The molecule has 1 aliphatic heterocycles. The molecule has 26 heavy (non-hydrogen) atoms. The van der Waals surface area contributed by atoms with E-state index in [4.69, 9.17) is 0 Å². The monoisotopic (exact) mass is 352 g/mol. The number of benzene rings is 1. The summed E-state index contributed by atoms with van der Waals surface area (Å²) in [5.74, 6) is -0.322. The van der Waals surface area contributed by atoms with Crippen molar-refractivity contribution in [2.24, 2.45) is 0 Å². The van der Waals surface area contributed by atoms with Gasteiger partial charge in [0.1, 0.15) is 6.04 Å². The van der Waals surface area contributed by atoms with Gasteiger partial charge >= 0.3 is 0 Å². The lowest BCUT2D eigenvalue weighted by Gasteiger charge is -2.29. The van der Waals surface area contributed by atoms with Gasteiger partial charge in [-0.2, -0.15) is 0 Å². The molecule has 2 amide bonds. The molecule has 0 radical (unpaired) electrons. The highest BCUT2D eigenvalue weighted by Gasteiger charge is 2.30. The van der Waals surface area contributed by atoms with E-state index in [-0.39, 0.29) is 17.9 Å². The van der Waals surface area contributed by atoms with Crippen LogP contribution in [0.4, 0.5) is 0 Å². The highest BCUT2D eigenvalue weighted by atomic mass is 16.2. The van der Waals surface area contributed by atoms with Gasteiger partial charge in [0.2, 0.25) is 5.91 Å². The normalized spacial score (nSPS) is 17.5. The molecule has 2 heterocycles. The lowest BCUT2D eigenvalue weighted by atomic mass is 10.0. The van der Waals surface area contributed by atoms with Crippen molar-refractivity contribution >= 4 is 11.8 Å². The van der Waals surface area contributed by atoms with Crippen molar-refractivity contribution < 1.29 is 9.59 Å². The van der Waals surface area contributed by atoms with Crippen molar-refractivity contribution in [1.82, 2.24) is 20.5 Å². The number of hydrogen-bond donors (Lipinski definition) is 2. The fraction of sp³-hybridized carbons (Fsp3) is 0.350. The van der Waals surface area contributed by atoms with E-state index in [0.717, 1.165) is 25.1 Å². The second-order valence-corrected chi connectivity index (χ2v) is 6.55. The van der Waals surface area contributed by atoms with Gasteiger partial charge in [-0.25, -0.2) is 0 Å². The molecular formula is C20H24N4O2. The zero-order valence-electron chi connectivity index (χ0n) is 14.9. The Morgan fingerprint density at radius 3 is 2.73 bits per heavy atom. The van der Waals surface area contributed by atoms with Crippen LogP contribution < -0.4 is 10.6 Å². The number of likely N-dealkylation sites (N-methyl/N-ethyl adjacent to an activating group) is 1. The third kappa shape index (κ3) is 4.46. The summed E-state index contributed by atoms with van der Waals surface area (Å²) in [7, 11) is 1.81. The van der Waals surface area contributed by atoms with Crippen molar-refractivity contribution in [3.05, 3.63) is 66.0 Å². The van der Waals surface area contributed by atoms with Gasteiger partial charge in [0.05, 0.1) is 0 Å². The maximum absolute atomic E-state index is 13.1. The molecule has 0 saturated carbocycles. The molecule has 2 aromatic rings. The van der Waals surface area contributed by atoms with Gasteiger partial charge in [-0.3, -0.25) is 14.6 Å². The number of nitrogens with one attached hydrogen (secondary N) is 2. The van der Waals surface area contributed by atoms with Crippen LogP contribution >= 0.6 is 0 Å². The average molecular weight is 352 g/mol. The number of hydrogen-bond acceptors (Lipinski definition) is 4. The lowest BCUT2D eigenvalue weighted by molar-refractivity contribution is -0.133. The number of carbonyl (C=O) groups is 2. The molecule has 2 N–H and O–H groups in total.